The summed E-state index contributed by atoms with van der Waals surface area (Å²) in [4.78, 5) is 11.6. The van der Waals surface area contributed by atoms with Crippen LogP contribution >= 0.6 is 8.61 Å². The van der Waals surface area contributed by atoms with E-state index in [1.54, 1.807) is 6.92 Å². The summed E-state index contributed by atoms with van der Waals surface area (Å²) in [5.41, 5.74) is 1.94. The Hall–Kier alpha value is -1.32. The van der Waals surface area contributed by atoms with E-state index in [2.05, 4.69) is 5.32 Å². The molecule has 1 aromatic carbocycles. The van der Waals surface area contributed by atoms with E-state index in [-0.39, 0.29) is 26.4 Å². The van der Waals surface area contributed by atoms with Gasteiger partial charge in [0.1, 0.15) is 5.82 Å². The van der Waals surface area contributed by atoms with Crippen LogP contribution in [0.5, 0.6) is 0 Å². The number of nitrogens with zero attached hydrogens (tertiary/aromatic N) is 1. The molecule has 6 heteroatoms. The first-order valence-electron chi connectivity index (χ1n) is 7.72. The van der Waals surface area contributed by atoms with Crippen molar-refractivity contribution < 1.29 is 13.8 Å². The highest BCUT2D eigenvalue weighted by atomic mass is 31.1. The molecule has 22 heavy (non-hydrogen) atoms. The summed E-state index contributed by atoms with van der Waals surface area (Å²) >= 11 is 0. The number of amides is 1. The van der Waals surface area contributed by atoms with Crippen LogP contribution in [0.2, 0.25) is 0 Å². The van der Waals surface area contributed by atoms with E-state index >= 15 is 0 Å². The average molecular weight is 324 g/mol. The van der Waals surface area contributed by atoms with Crippen molar-refractivity contribution >= 4 is 14.5 Å². The zero-order valence-electron chi connectivity index (χ0n) is 13.0. The van der Waals surface area contributed by atoms with Gasteiger partial charge in [0.15, 0.2) is 0 Å². The molecule has 2 rings (SSSR count). The maximum atomic E-state index is 13.6. The number of hydrogen-bond acceptors (Lipinski definition) is 2. The molecule has 120 valence electrons. The topological polar surface area (TPSA) is 49.4 Å². The van der Waals surface area contributed by atoms with Gasteiger partial charge in [-0.05, 0) is 48.9 Å². The smallest absolute Gasteiger partial charge is 0.248 e. The molecule has 1 heterocycles. The first kappa shape index (κ1) is 17.0. The Morgan fingerprint density at radius 2 is 2.14 bits per heavy atom. The number of nitrogens with one attached hydrogen (secondary N) is 1. The van der Waals surface area contributed by atoms with Crippen LogP contribution < -0.4 is 5.32 Å². The number of benzene rings is 1. The predicted octanol–water partition coefficient (Wildman–Crippen LogP) is 3.80. The predicted molar refractivity (Wildman–Crippen MR) is 84.4 cm³/mol. The molecule has 1 N–H and O–H groups in total. The average Bonchev–Trinajstić information content (AvgIpc) is 2.54. The quantitative estimate of drug-likeness (QED) is 0.838. The van der Waals surface area contributed by atoms with Gasteiger partial charge in [0, 0.05) is 19.5 Å². The molecule has 1 fully saturated rings. The molecule has 1 unspecified atom stereocenters. The summed E-state index contributed by atoms with van der Waals surface area (Å²) in [6.45, 7) is 5.22. The van der Waals surface area contributed by atoms with Crippen LogP contribution in [0, 0.1) is 5.82 Å². The van der Waals surface area contributed by atoms with E-state index in [1.807, 2.05) is 17.7 Å². The Morgan fingerprint density at radius 3 is 2.73 bits per heavy atom. The highest BCUT2D eigenvalue weighted by molar-refractivity contribution is 7.20. The zero-order valence-corrected chi connectivity index (χ0v) is 13.9. The van der Waals surface area contributed by atoms with Gasteiger partial charge in [0.05, 0.1) is 6.04 Å². The van der Waals surface area contributed by atoms with E-state index in [0.29, 0.717) is 12.3 Å². The van der Waals surface area contributed by atoms with Gasteiger partial charge < -0.3 is 5.32 Å². The number of rotatable bonds is 5. The highest BCUT2D eigenvalue weighted by Crippen LogP contribution is 2.34. The van der Waals surface area contributed by atoms with Crippen molar-refractivity contribution in [3.63, 3.8) is 0 Å². The molecule has 1 aliphatic rings. The molecule has 1 saturated heterocycles. The molecule has 1 atom stereocenters. The second kappa shape index (κ2) is 7.80. The Balaban J connectivity index is 2.20. The van der Waals surface area contributed by atoms with Crippen molar-refractivity contribution in [3.8, 4) is 0 Å². The summed E-state index contributed by atoms with van der Waals surface area (Å²) in [5.74, 6) is -0.0101. The van der Waals surface area contributed by atoms with Gasteiger partial charge in [0.25, 0.3) is 0 Å². The normalized spacial score (nSPS) is 18.3. The lowest BCUT2D eigenvalue weighted by atomic mass is 9.85. The maximum Gasteiger partial charge on any atom is 0.248 e. The lowest BCUT2D eigenvalue weighted by Gasteiger charge is -2.30. The van der Waals surface area contributed by atoms with E-state index in [0.717, 1.165) is 37.1 Å². The third-order valence-corrected chi connectivity index (χ3v) is 4.87. The molecule has 0 spiro atoms. The fraction of sp³-hybridized carbons (Fsp3) is 0.562. The first-order chi connectivity index (χ1) is 10.5. The van der Waals surface area contributed by atoms with E-state index in [4.69, 9.17) is 0 Å². The Morgan fingerprint density at radius 1 is 1.45 bits per heavy atom. The van der Waals surface area contributed by atoms with Crippen molar-refractivity contribution in [3.05, 3.63) is 35.1 Å². The van der Waals surface area contributed by atoms with Gasteiger partial charge in [-0.3, -0.25) is 9.36 Å². The molecule has 0 aliphatic carbocycles. The third-order valence-electron chi connectivity index (χ3n) is 4.24. The summed E-state index contributed by atoms with van der Waals surface area (Å²) < 4.78 is 26.4. The Kier molecular flexibility index (Phi) is 6.04. The summed E-state index contributed by atoms with van der Waals surface area (Å²) in [6.07, 6.45) is 2.20. The Labute approximate surface area is 132 Å². The van der Waals surface area contributed by atoms with Crippen LogP contribution in [0.4, 0.5) is 4.39 Å². The maximum absolute atomic E-state index is 13.6. The standard InChI is InChI=1S/C16H22FN2O2P/c1-3-16(20)18-11(2)15-10-13(17)4-5-14(15)12-6-8-19(22-21)9-7-12/h4-5,10-12H,3,6-9H2,1-2H3,(H,18,20). The number of carbonyl (C=O) groups excluding carboxylic acids is 1. The van der Waals surface area contributed by atoms with Gasteiger partial charge in [-0.2, -0.15) is 0 Å². The molecule has 1 amide bonds. The summed E-state index contributed by atoms with van der Waals surface area (Å²) in [7, 11) is 0.0707. The largest absolute Gasteiger partial charge is 0.350 e. The summed E-state index contributed by atoms with van der Waals surface area (Å²) in [6, 6.07) is 4.61. The molecule has 1 aliphatic heterocycles. The zero-order chi connectivity index (χ0) is 16.1. The number of halogens is 1. The molecule has 4 nitrogen and oxygen atoms in total. The molecular formula is C16H22FN2O2P. The second-order valence-electron chi connectivity index (χ2n) is 5.73. The lowest BCUT2D eigenvalue weighted by Crippen LogP contribution is -2.29. The van der Waals surface area contributed by atoms with E-state index in [9.17, 15) is 13.8 Å². The van der Waals surface area contributed by atoms with Crippen molar-refractivity contribution in [2.45, 2.75) is 45.1 Å². The monoisotopic (exact) mass is 324 g/mol. The number of carbonyl (C=O) groups is 1. The van der Waals surface area contributed by atoms with Crippen molar-refractivity contribution in [2.75, 3.05) is 13.1 Å². The second-order valence-corrected chi connectivity index (χ2v) is 6.45. The van der Waals surface area contributed by atoms with Gasteiger partial charge >= 0.3 is 0 Å². The molecule has 0 saturated carbocycles. The SMILES string of the molecule is CCC(=O)NC(C)c1cc(F)ccc1C1CCN(P=O)CC1. The first-order valence-corrected chi connectivity index (χ1v) is 8.48. The molecule has 0 bridgehead atoms. The molecule has 1 aromatic rings. The van der Waals surface area contributed by atoms with Crippen molar-refractivity contribution in [1.82, 2.24) is 9.99 Å². The fourth-order valence-corrected chi connectivity index (χ4v) is 3.37. The van der Waals surface area contributed by atoms with Gasteiger partial charge in [0.2, 0.25) is 14.5 Å². The lowest BCUT2D eigenvalue weighted by molar-refractivity contribution is -0.121. The molecule has 0 aromatic heterocycles. The molecular weight excluding hydrogens is 302 g/mol. The minimum absolute atomic E-state index is 0.0392. The van der Waals surface area contributed by atoms with Crippen LogP contribution in [-0.4, -0.2) is 23.7 Å². The minimum atomic E-state index is -0.285. The minimum Gasteiger partial charge on any atom is -0.350 e. The third kappa shape index (κ3) is 4.11. The van der Waals surface area contributed by atoms with E-state index in [1.165, 1.54) is 12.1 Å². The number of piperidine rings is 1. The van der Waals surface area contributed by atoms with Crippen LogP contribution in [0.3, 0.4) is 0 Å². The highest BCUT2D eigenvalue weighted by Gasteiger charge is 2.24. The Bertz CT molecular complexity index is 545. The van der Waals surface area contributed by atoms with Gasteiger partial charge in [-0.1, -0.05) is 13.0 Å². The van der Waals surface area contributed by atoms with Gasteiger partial charge in [-0.15, -0.1) is 0 Å². The van der Waals surface area contributed by atoms with Gasteiger partial charge in [-0.25, -0.2) is 9.06 Å². The fourth-order valence-electron chi connectivity index (χ4n) is 2.97. The van der Waals surface area contributed by atoms with Crippen LogP contribution in [-0.2, 0) is 9.36 Å². The molecule has 0 radical (unpaired) electrons. The van der Waals surface area contributed by atoms with Crippen LogP contribution in [0.15, 0.2) is 18.2 Å². The van der Waals surface area contributed by atoms with Crippen molar-refractivity contribution in [2.24, 2.45) is 0 Å². The van der Waals surface area contributed by atoms with Crippen LogP contribution in [0.1, 0.15) is 56.2 Å². The van der Waals surface area contributed by atoms with E-state index < -0.39 is 0 Å². The number of hydrogen-bond donors (Lipinski definition) is 1. The van der Waals surface area contributed by atoms with Crippen molar-refractivity contribution in [1.29, 1.82) is 0 Å². The van der Waals surface area contributed by atoms with Crippen LogP contribution in [0.25, 0.3) is 0 Å². The summed E-state index contributed by atoms with van der Waals surface area (Å²) in [5, 5.41) is 2.91.